The lowest BCUT2D eigenvalue weighted by molar-refractivity contribution is 0.112. The molecule has 0 radical (unpaired) electrons. The average molecular weight is 474 g/mol. The number of aldehydes is 1. The Balaban J connectivity index is 1.59. The van der Waals surface area contributed by atoms with E-state index < -0.39 is 0 Å². The van der Waals surface area contributed by atoms with Crippen molar-refractivity contribution >= 4 is 56.5 Å². The van der Waals surface area contributed by atoms with Gasteiger partial charge in [-0.25, -0.2) is 0 Å². The first-order valence-corrected chi connectivity index (χ1v) is 12.3. The molecular weight excluding hydrogens is 450 g/mol. The van der Waals surface area contributed by atoms with E-state index in [2.05, 4.69) is 96.2 Å². The van der Waals surface area contributed by atoms with Gasteiger partial charge in [-0.1, -0.05) is 36.4 Å². The van der Waals surface area contributed by atoms with Crippen LogP contribution in [0.15, 0.2) is 97.1 Å². The van der Waals surface area contributed by atoms with Crippen LogP contribution in [-0.2, 0) is 7.05 Å². The molecule has 0 spiro atoms. The van der Waals surface area contributed by atoms with Crippen LogP contribution in [0.25, 0.3) is 32.4 Å². The largest absolute Gasteiger partial charge is 0.342 e. The summed E-state index contributed by atoms with van der Waals surface area (Å²) in [5.41, 5.74) is 7.47. The third-order valence-corrected chi connectivity index (χ3v) is 7.45. The van der Waals surface area contributed by atoms with Gasteiger partial charge in [-0.3, -0.25) is 9.78 Å². The molecule has 3 aromatic heterocycles. The van der Waals surface area contributed by atoms with Crippen LogP contribution in [0, 0.1) is 6.92 Å². The van der Waals surface area contributed by atoms with Crippen LogP contribution < -0.4 is 4.90 Å². The first kappa shape index (κ1) is 21.3. The monoisotopic (exact) mass is 473 g/mol. The standard InChI is InChI=1S/C30H23N3OS/c1-20-30-26(18-27(31-20)29-16-14-24(19-34)35-29)25-17-23(13-15-28(25)32(30)2)33(21-9-5-3-6-10-21)22-11-7-4-8-12-22/h3-19H,1-2H3. The molecule has 0 amide bonds. The van der Waals surface area contributed by atoms with Crippen LogP contribution in [0.1, 0.15) is 15.4 Å². The van der Waals surface area contributed by atoms with Crippen LogP contribution >= 0.6 is 11.3 Å². The van der Waals surface area contributed by atoms with E-state index in [1.807, 2.05) is 24.3 Å². The highest BCUT2D eigenvalue weighted by Gasteiger charge is 2.18. The highest BCUT2D eigenvalue weighted by Crippen LogP contribution is 2.39. The Bertz CT molecular complexity index is 1640. The van der Waals surface area contributed by atoms with Crippen LogP contribution in [0.4, 0.5) is 17.1 Å². The molecule has 6 aromatic rings. The number of thiophene rings is 1. The molecular formula is C30H23N3OS. The molecule has 3 aromatic carbocycles. The molecule has 0 fully saturated rings. The second-order valence-electron chi connectivity index (χ2n) is 8.58. The molecule has 0 saturated carbocycles. The molecule has 0 saturated heterocycles. The van der Waals surface area contributed by atoms with Gasteiger partial charge in [0, 0.05) is 40.4 Å². The Labute approximate surface area is 207 Å². The van der Waals surface area contributed by atoms with Crippen molar-refractivity contribution in [2.24, 2.45) is 7.05 Å². The van der Waals surface area contributed by atoms with Gasteiger partial charge in [-0.2, -0.15) is 0 Å². The fourth-order valence-electron chi connectivity index (χ4n) is 4.87. The molecule has 35 heavy (non-hydrogen) atoms. The van der Waals surface area contributed by atoms with Gasteiger partial charge in [0.15, 0.2) is 6.29 Å². The second kappa shape index (κ2) is 8.53. The number of carbonyl (C=O) groups excluding carboxylic acids is 1. The van der Waals surface area contributed by atoms with E-state index in [9.17, 15) is 4.79 Å². The molecule has 6 rings (SSSR count). The third-order valence-electron chi connectivity index (χ3n) is 6.42. The number of fused-ring (bicyclic) bond motifs is 3. The van der Waals surface area contributed by atoms with Gasteiger partial charge in [0.1, 0.15) is 0 Å². The first-order valence-electron chi connectivity index (χ1n) is 11.5. The Morgan fingerprint density at radius 1 is 0.800 bits per heavy atom. The second-order valence-corrected chi connectivity index (χ2v) is 9.69. The highest BCUT2D eigenvalue weighted by atomic mass is 32.1. The van der Waals surface area contributed by atoms with Gasteiger partial charge in [0.2, 0.25) is 0 Å². The molecule has 4 nitrogen and oxygen atoms in total. The molecule has 5 heteroatoms. The summed E-state index contributed by atoms with van der Waals surface area (Å²) in [4.78, 5) is 20.1. The first-order chi connectivity index (χ1) is 17.1. The summed E-state index contributed by atoms with van der Waals surface area (Å²) in [7, 11) is 2.10. The zero-order valence-corrected chi connectivity index (χ0v) is 20.3. The fourth-order valence-corrected chi connectivity index (χ4v) is 5.65. The Morgan fingerprint density at radius 2 is 1.49 bits per heavy atom. The average Bonchev–Trinajstić information content (AvgIpc) is 3.49. The molecule has 0 aliphatic rings. The Kier molecular flexibility index (Phi) is 5.20. The van der Waals surface area contributed by atoms with Crippen LogP contribution in [0.2, 0.25) is 0 Å². The molecule has 0 bridgehead atoms. The summed E-state index contributed by atoms with van der Waals surface area (Å²) >= 11 is 1.47. The summed E-state index contributed by atoms with van der Waals surface area (Å²) < 4.78 is 2.22. The van der Waals surface area contributed by atoms with Crippen molar-refractivity contribution in [3.05, 3.63) is 108 Å². The van der Waals surface area contributed by atoms with E-state index >= 15 is 0 Å². The number of para-hydroxylation sites is 2. The van der Waals surface area contributed by atoms with Gasteiger partial charge in [-0.05, 0) is 67.6 Å². The van der Waals surface area contributed by atoms with Crippen molar-refractivity contribution < 1.29 is 4.79 Å². The minimum absolute atomic E-state index is 0.709. The number of benzene rings is 3. The van der Waals surface area contributed by atoms with Crippen molar-refractivity contribution in [2.45, 2.75) is 6.92 Å². The number of nitrogens with zero attached hydrogens (tertiary/aromatic N) is 3. The molecule has 3 heterocycles. The number of hydrogen-bond acceptors (Lipinski definition) is 4. The molecule has 0 atom stereocenters. The molecule has 0 aliphatic carbocycles. The molecule has 170 valence electrons. The van der Waals surface area contributed by atoms with Gasteiger partial charge >= 0.3 is 0 Å². The summed E-state index contributed by atoms with van der Waals surface area (Å²) in [6, 6.07) is 33.5. The molecule has 0 N–H and O–H groups in total. The maximum Gasteiger partial charge on any atom is 0.160 e. The molecule has 0 unspecified atom stereocenters. The van der Waals surface area contributed by atoms with Crippen LogP contribution in [0.5, 0.6) is 0 Å². The Hall–Kier alpha value is -4.22. The lowest BCUT2D eigenvalue weighted by atomic mass is 10.1. The van der Waals surface area contributed by atoms with Crippen molar-refractivity contribution in [1.82, 2.24) is 9.55 Å². The predicted molar refractivity (Wildman–Crippen MR) is 146 cm³/mol. The van der Waals surface area contributed by atoms with Crippen molar-refractivity contribution in [2.75, 3.05) is 4.90 Å². The summed E-state index contributed by atoms with van der Waals surface area (Å²) in [6.07, 6.45) is 0.894. The van der Waals surface area contributed by atoms with E-state index in [1.165, 1.54) is 16.7 Å². The Morgan fingerprint density at radius 3 is 2.11 bits per heavy atom. The van der Waals surface area contributed by atoms with Crippen molar-refractivity contribution in [3.63, 3.8) is 0 Å². The van der Waals surface area contributed by atoms with Crippen molar-refractivity contribution in [3.8, 4) is 10.6 Å². The normalized spacial score (nSPS) is 11.3. The lowest BCUT2D eigenvalue weighted by Crippen LogP contribution is -2.09. The fraction of sp³-hybridized carbons (Fsp3) is 0.0667. The number of rotatable bonds is 5. The van der Waals surface area contributed by atoms with Gasteiger partial charge in [0.25, 0.3) is 0 Å². The van der Waals surface area contributed by atoms with Crippen molar-refractivity contribution in [1.29, 1.82) is 0 Å². The smallest absolute Gasteiger partial charge is 0.160 e. The minimum Gasteiger partial charge on any atom is -0.342 e. The zero-order chi connectivity index (χ0) is 23.9. The number of anilines is 3. The van der Waals surface area contributed by atoms with Crippen LogP contribution in [0.3, 0.4) is 0 Å². The van der Waals surface area contributed by atoms with E-state index in [0.717, 1.165) is 56.0 Å². The van der Waals surface area contributed by atoms with E-state index in [-0.39, 0.29) is 0 Å². The number of pyridine rings is 1. The lowest BCUT2D eigenvalue weighted by Gasteiger charge is -2.25. The SMILES string of the molecule is Cc1nc(-c2ccc(C=O)s2)cc2c3cc(N(c4ccccc4)c4ccccc4)ccc3n(C)c12. The topological polar surface area (TPSA) is 38.1 Å². The van der Waals surface area contributed by atoms with Crippen LogP contribution in [-0.4, -0.2) is 15.8 Å². The number of hydrogen-bond donors (Lipinski definition) is 0. The maximum atomic E-state index is 11.2. The summed E-state index contributed by atoms with van der Waals surface area (Å²) in [5, 5.41) is 2.34. The third kappa shape index (κ3) is 3.61. The predicted octanol–water partition coefficient (Wildman–Crippen LogP) is 8.05. The highest BCUT2D eigenvalue weighted by molar-refractivity contribution is 7.17. The summed E-state index contributed by atoms with van der Waals surface area (Å²) in [6.45, 7) is 2.06. The quantitative estimate of drug-likeness (QED) is 0.238. The summed E-state index contributed by atoms with van der Waals surface area (Å²) in [5.74, 6) is 0. The van der Waals surface area contributed by atoms with Gasteiger partial charge in [0.05, 0.1) is 26.7 Å². The number of carbonyl (C=O) groups is 1. The van der Waals surface area contributed by atoms with E-state index in [0.29, 0.717) is 4.88 Å². The van der Waals surface area contributed by atoms with Gasteiger partial charge in [-0.15, -0.1) is 11.3 Å². The van der Waals surface area contributed by atoms with Gasteiger partial charge < -0.3 is 9.47 Å². The minimum atomic E-state index is 0.709. The number of aryl methyl sites for hydroxylation is 2. The molecule has 0 aliphatic heterocycles. The number of aromatic nitrogens is 2. The zero-order valence-electron chi connectivity index (χ0n) is 19.5. The van der Waals surface area contributed by atoms with E-state index in [4.69, 9.17) is 4.98 Å². The maximum absolute atomic E-state index is 11.2. The van der Waals surface area contributed by atoms with E-state index in [1.54, 1.807) is 0 Å².